The molecule has 1 aromatic rings. The zero-order valence-corrected chi connectivity index (χ0v) is 14.5. The van der Waals surface area contributed by atoms with Gasteiger partial charge in [0.15, 0.2) is 0 Å². The lowest BCUT2D eigenvalue weighted by Crippen LogP contribution is -2.35. The van der Waals surface area contributed by atoms with E-state index in [1.54, 1.807) is 0 Å². The Hall–Kier alpha value is -1.19. The number of methoxy groups -OCH3 is 1. The summed E-state index contributed by atoms with van der Waals surface area (Å²) in [7, 11) is 1.81. The van der Waals surface area contributed by atoms with Crippen molar-refractivity contribution in [2.45, 2.75) is 58.0 Å². The second-order valence-corrected chi connectivity index (χ2v) is 7.06. The van der Waals surface area contributed by atoms with Crippen LogP contribution in [0.1, 0.15) is 55.7 Å². The monoisotopic (exact) mass is 315 g/mol. The molecule has 1 fully saturated rings. The molecule has 2 aliphatic carbocycles. The van der Waals surface area contributed by atoms with Crippen molar-refractivity contribution in [2.24, 2.45) is 5.41 Å². The van der Waals surface area contributed by atoms with Crippen LogP contribution in [-0.4, -0.2) is 32.1 Å². The summed E-state index contributed by atoms with van der Waals surface area (Å²) < 4.78 is 10.9. The lowest BCUT2D eigenvalue weighted by Gasteiger charge is -2.36. The van der Waals surface area contributed by atoms with E-state index in [1.807, 2.05) is 14.0 Å². The molecule has 1 spiro atoms. The van der Waals surface area contributed by atoms with Crippen LogP contribution >= 0.6 is 0 Å². The standard InChI is InChI=1S/C20H29NO2/c1-3-23-12-4-5-15-6-7-16-14-20(19(21)18(16)13-15)10-8-17(22-2)9-11-20/h6-7,13,17,21H,3-5,8-12,14H2,1-2H3/t17-,20-. The molecule has 3 rings (SSSR count). The number of ether oxygens (including phenoxy) is 2. The first-order valence-corrected chi connectivity index (χ1v) is 9.00. The Morgan fingerprint density at radius 1 is 1.26 bits per heavy atom. The van der Waals surface area contributed by atoms with Crippen molar-refractivity contribution in [2.75, 3.05) is 20.3 Å². The van der Waals surface area contributed by atoms with Crippen LogP contribution in [0.4, 0.5) is 0 Å². The number of benzene rings is 1. The van der Waals surface area contributed by atoms with Gasteiger partial charge in [-0.3, -0.25) is 0 Å². The highest BCUT2D eigenvalue weighted by Crippen LogP contribution is 2.47. The predicted molar refractivity (Wildman–Crippen MR) is 93.5 cm³/mol. The lowest BCUT2D eigenvalue weighted by molar-refractivity contribution is 0.0467. The zero-order chi connectivity index (χ0) is 16.3. The average molecular weight is 315 g/mol. The summed E-state index contributed by atoms with van der Waals surface area (Å²) >= 11 is 0. The molecule has 0 aliphatic heterocycles. The highest BCUT2D eigenvalue weighted by atomic mass is 16.5. The maximum atomic E-state index is 8.77. The number of rotatable bonds is 6. The largest absolute Gasteiger partial charge is 0.382 e. The SMILES string of the molecule is CCOCCCc1ccc2c(c1)C(=N)[C@]1(CC[C@H](OC)CC1)C2. The van der Waals surface area contributed by atoms with Crippen LogP contribution in [0.25, 0.3) is 0 Å². The van der Waals surface area contributed by atoms with E-state index in [4.69, 9.17) is 14.9 Å². The van der Waals surface area contributed by atoms with Crippen molar-refractivity contribution in [1.82, 2.24) is 0 Å². The maximum absolute atomic E-state index is 8.77. The van der Waals surface area contributed by atoms with Crippen molar-refractivity contribution in [3.63, 3.8) is 0 Å². The van der Waals surface area contributed by atoms with Gasteiger partial charge in [0.1, 0.15) is 0 Å². The molecule has 0 bridgehead atoms. The number of nitrogens with one attached hydrogen (secondary N) is 1. The minimum absolute atomic E-state index is 0.0846. The van der Waals surface area contributed by atoms with Crippen molar-refractivity contribution in [3.8, 4) is 0 Å². The maximum Gasteiger partial charge on any atom is 0.0572 e. The van der Waals surface area contributed by atoms with Gasteiger partial charge in [0.05, 0.1) is 6.10 Å². The fraction of sp³-hybridized carbons (Fsp3) is 0.650. The Bertz CT molecular complexity index is 559. The topological polar surface area (TPSA) is 42.3 Å². The molecule has 1 aromatic carbocycles. The normalized spacial score (nSPS) is 26.7. The summed E-state index contributed by atoms with van der Waals surface area (Å²) in [6, 6.07) is 6.77. The van der Waals surface area contributed by atoms with Crippen LogP contribution in [0, 0.1) is 10.8 Å². The van der Waals surface area contributed by atoms with Gasteiger partial charge in [0.25, 0.3) is 0 Å². The molecule has 2 aliphatic rings. The van der Waals surface area contributed by atoms with E-state index in [2.05, 4.69) is 18.2 Å². The molecule has 0 saturated heterocycles. The molecule has 0 radical (unpaired) electrons. The summed E-state index contributed by atoms with van der Waals surface area (Å²) in [5, 5.41) is 8.77. The van der Waals surface area contributed by atoms with E-state index in [-0.39, 0.29) is 5.41 Å². The van der Waals surface area contributed by atoms with Crippen LogP contribution < -0.4 is 0 Å². The predicted octanol–water partition coefficient (Wildman–Crippen LogP) is 4.16. The third kappa shape index (κ3) is 3.36. The second-order valence-electron chi connectivity index (χ2n) is 7.06. The van der Waals surface area contributed by atoms with E-state index in [1.165, 1.54) is 16.7 Å². The lowest BCUT2D eigenvalue weighted by atomic mass is 9.70. The van der Waals surface area contributed by atoms with Gasteiger partial charge < -0.3 is 14.9 Å². The fourth-order valence-corrected chi connectivity index (χ4v) is 4.23. The third-order valence-electron chi connectivity index (χ3n) is 5.68. The van der Waals surface area contributed by atoms with Gasteiger partial charge in [-0.25, -0.2) is 0 Å². The molecule has 3 heteroatoms. The van der Waals surface area contributed by atoms with E-state index in [0.717, 1.165) is 63.9 Å². The third-order valence-corrected chi connectivity index (χ3v) is 5.68. The molecule has 23 heavy (non-hydrogen) atoms. The molecular weight excluding hydrogens is 286 g/mol. The van der Waals surface area contributed by atoms with Crippen molar-refractivity contribution in [3.05, 3.63) is 34.9 Å². The van der Waals surface area contributed by atoms with Crippen LogP contribution in [0.3, 0.4) is 0 Å². The molecule has 0 heterocycles. The number of hydrogen-bond donors (Lipinski definition) is 1. The van der Waals surface area contributed by atoms with E-state index >= 15 is 0 Å². The van der Waals surface area contributed by atoms with Crippen LogP contribution in [-0.2, 0) is 22.3 Å². The number of aryl methyl sites for hydroxylation is 1. The highest BCUT2D eigenvalue weighted by molar-refractivity contribution is 6.07. The average Bonchev–Trinajstić information content (AvgIpc) is 2.85. The van der Waals surface area contributed by atoms with Crippen LogP contribution in [0.15, 0.2) is 18.2 Å². The minimum atomic E-state index is 0.0846. The first kappa shape index (κ1) is 16.7. The smallest absolute Gasteiger partial charge is 0.0572 e. The first-order valence-electron chi connectivity index (χ1n) is 9.00. The quantitative estimate of drug-likeness (QED) is 0.801. The van der Waals surface area contributed by atoms with Gasteiger partial charge in [-0.2, -0.15) is 0 Å². The first-order chi connectivity index (χ1) is 11.2. The molecule has 3 nitrogen and oxygen atoms in total. The molecule has 0 atom stereocenters. The summed E-state index contributed by atoms with van der Waals surface area (Å²) in [6.07, 6.45) is 7.92. The molecule has 0 unspecified atom stereocenters. The fourth-order valence-electron chi connectivity index (χ4n) is 4.23. The number of hydrogen-bond acceptors (Lipinski definition) is 3. The summed E-state index contributed by atoms with van der Waals surface area (Å²) in [5.74, 6) is 0. The molecule has 126 valence electrons. The Balaban J connectivity index is 1.68. The Morgan fingerprint density at radius 2 is 2.04 bits per heavy atom. The second kappa shape index (κ2) is 7.14. The van der Waals surface area contributed by atoms with E-state index in [9.17, 15) is 0 Å². The summed E-state index contributed by atoms with van der Waals surface area (Å²) in [5.41, 5.74) is 4.89. The van der Waals surface area contributed by atoms with Gasteiger partial charge in [0, 0.05) is 31.5 Å². The Kier molecular flexibility index (Phi) is 5.17. The van der Waals surface area contributed by atoms with E-state index in [0.29, 0.717) is 6.10 Å². The van der Waals surface area contributed by atoms with Gasteiger partial charge in [0.2, 0.25) is 0 Å². The molecule has 1 saturated carbocycles. The van der Waals surface area contributed by atoms with Gasteiger partial charge in [-0.05, 0) is 74.6 Å². The van der Waals surface area contributed by atoms with E-state index < -0.39 is 0 Å². The van der Waals surface area contributed by atoms with Crippen molar-refractivity contribution >= 4 is 5.71 Å². The Morgan fingerprint density at radius 3 is 2.74 bits per heavy atom. The summed E-state index contributed by atoms with van der Waals surface area (Å²) in [4.78, 5) is 0. The zero-order valence-electron chi connectivity index (χ0n) is 14.5. The minimum Gasteiger partial charge on any atom is -0.382 e. The molecule has 0 amide bonds. The Labute approximate surface area is 139 Å². The van der Waals surface area contributed by atoms with Crippen LogP contribution in [0.2, 0.25) is 0 Å². The van der Waals surface area contributed by atoms with Gasteiger partial charge in [-0.1, -0.05) is 12.1 Å². The van der Waals surface area contributed by atoms with Gasteiger partial charge in [-0.15, -0.1) is 0 Å². The molecule has 1 N–H and O–H groups in total. The highest BCUT2D eigenvalue weighted by Gasteiger charge is 2.44. The van der Waals surface area contributed by atoms with Crippen molar-refractivity contribution in [1.29, 1.82) is 5.41 Å². The van der Waals surface area contributed by atoms with Gasteiger partial charge >= 0.3 is 0 Å². The summed E-state index contributed by atoms with van der Waals surface area (Å²) in [6.45, 7) is 3.65. The number of fused-ring (bicyclic) bond motifs is 1. The molecular formula is C20H29NO2. The van der Waals surface area contributed by atoms with Crippen LogP contribution in [0.5, 0.6) is 0 Å². The van der Waals surface area contributed by atoms with Crippen molar-refractivity contribution < 1.29 is 9.47 Å². The molecule has 0 aromatic heterocycles.